The number of esters is 1. The molecule has 0 bridgehead atoms. The van der Waals surface area contributed by atoms with E-state index in [9.17, 15) is 4.79 Å². The molecule has 1 N–H and O–H groups in total. The molecule has 0 spiro atoms. The average molecular weight is 298 g/mol. The van der Waals surface area contributed by atoms with Crippen molar-refractivity contribution < 1.29 is 9.53 Å². The van der Waals surface area contributed by atoms with Gasteiger partial charge in [-0.15, -0.1) is 0 Å². The minimum absolute atomic E-state index is 0.0304. The number of ether oxygens (including phenoxy) is 1. The predicted molar refractivity (Wildman–Crippen MR) is 90.3 cm³/mol. The maximum atomic E-state index is 11.5. The Balaban J connectivity index is 3.11. The number of unbranched alkanes of at least 4 members (excludes halogenated alkanes) is 8. The lowest BCUT2D eigenvalue weighted by molar-refractivity contribution is -0.143. The number of rotatable bonds is 16. The van der Waals surface area contributed by atoms with Gasteiger partial charge in [0, 0.05) is 6.42 Å². The molecule has 1 radical (unpaired) electrons. The van der Waals surface area contributed by atoms with Gasteiger partial charge in [-0.25, -0.2) is 0 Å². The van der Waals surface area contributed by atoms with Crippen molar-refractivity contribution in [1.29, 1.82) is 0 Å². The van der Waals surface area contributed by atoms with Crippen molar-refractivity contribution in [2.24, 2.45) is 0 Å². The first-order chi connectivity index (χ1) is 10.3. The standard InChI is InChI=1S/C18H36NO2/c1-3-5-7-11-15-19-16-12-9-10-14-18(20)21-17-13-8-6-4-2/h19H,2-17H2,1H3. The second kappa shape index (κ2) is 17.5. The van der Waals surface area contributed by atoms with Gasteiger partial charge in [0.05, 0.1) is 6.61 Å². The number of carbonyl (C=O) groups excluding carboxylic acids is 1. The summed E-state index contributed by atoms with van der Waals surface area (Å²) < 4.78 is 5.20. The Morgan fingerprint density at radius 2 is 1.57 bits per heavy atom. The van der Waals surface area contributed by atoms with Crippen molar-refractivity contribution in [2.75, 3.05) is 19.7 Å². The first kappa shape index (κ1) is 20.4. The van der Waals surface area contributed by atoms with E-state index in [0.29, 0.717) is 13.0 Å². The Kier molecular flexibility index (Phi) is 17.0. The molecule has 21 heavy (non-hydrogen) atoms. The molecule has 3 nitrogen and oxygen atoms in total. The normalized spacial score (nSPS) is 10.8. The van der Waals surface area contributed by atoms with Crippen molar-refractivity contribution >= 4 is 5.97 Å². The van der Waals surface area contributed by atoms with E-state index in [1.54, 1.807) is 0 Å². The van der Waals surface area contributed by atoms with E-state index in [0.717, 1.165) is 58.0 Å². The van der Waals surface area contributed by atoms with Gasteiger partial charge in [0.2, 0.25) is 0 Å². The van der Waals surface area contributed by atoms with Crippen LogP contribution < -0.4 is 5.32 Å². The summed E-state index contributed by atoms with van der Waals surface area (Å²) in [5, 5.41) is 3.46. The molecule has 0 saturated carbocycles. The van der Waals surface area contributed by atoms with Gasteiger partial charge in [-0.2, -0.15) is 0 Å². The predicted octanol–water partition coefficient (Wildman–Crippen LogP) is 4.65. The first-order valence-corrected chi connectivity index (χ1v) is 8.96. The summed E-state index contributed by atoms with van der Waals surface area (Å²) in [6, 6.07) is 0. The second-order valence-corrected chi connectivity index (χ2v) is 5.76. The van der Waals surface area contributed by atoms with E-state index in [4.69, 9.17) is 4.74 Å². The van der Waals surface area contributed by atoms with Crippen LogP contribution in [-0.2, 0) is 9.53 Å². The van der Waals surface area contributed by atoms with Gasteiger partial charge in [0.1, 0.15) is 0 Å². The Hall–Kier alpha value is -0.570. The van der Waals surface area contributed by atoms with E-state index in [-0.39, 0.29) is 5.97 Å². The molecule has 0 aromatic rings. The zero-order valence-corrected chi connectivity index (χ0v) is 14.1. The van der Waals surface area contributed by atoms with E-state index < -0.39 is 0 Å². The molecule has 0 atom stereocenters. The molecular weight excluding hydrogens is 262 g/mol. The van der Waals surface area contributed by atoms with Gasteiger partial charge in [-0.1, -0.05) is 58.8 Å². The molecule has 0 aromatic carbocycles. The quantitative estimate of drug-likeness (QED) is 0.333. The maximum absolute atomic E-state index is 11.5. The van der Waals surface area contributed by atoms with Crippen molar-refractivity contribution in [3.8, 4) is 0 Å². The maximum Gasteiger partial charge on any atom is 0.305 e. The minimum atomic E-state index is -0.0304. The molecule has 125 valence electrons. The molecule has 0 amide bonds. The fourth-order valence-corrected chi connectivity index (χ4v) is 2.21. The SMILES string of the molecule is [CH2]CCCCCOC(=O)CCCCCNCCCCCC. The minimum Gasteiger partial charge on any atom is -0.466 e. The fourth-order valence-electron chi connectivity index (χ4n) is 2.21. The van der Waals surface area contributed by atoms with Gasteiger partial charge >= 0.3 is 5.97 Å². The molecule has 0 saturated heterocycles. The third-order valence-electron chi connectivity index (χ3n) is 3.60. The molecule has 3 heteroatoms. The zero-order valence-electron chi connectivity index (χ0n) is 14.1. The Bertz CT molecular complexity index is 219. The average Bonchev–Trinajstić information content (AvgIpc) is 2.49. The fraction of sp³-hybridized carbons (Fsp3) is 0.889. The lowest BCUT2D eigenvalue weighted by atomic mass is 10.2. The summed E-state index contributed by atoms with van der Waals surface area (Å²) >= 11 is 0. The molecule has 0 unspecified atom stereocenters. The van der Waals surface area contributed by atoms with E-state index in [1.165, 1.54) is 25.7 Å². The monoisotopic (exact) mass is 298 g/mol. The van der Waals surface area contributed by atoms with Crippen LogP contribution >= 0.6 is 0 Å². The highest BCUT2D eigenvalue weighted by molar-refractivity contribution is 5.69. The molecule has 0 heterocycles. The van der Waals surface area contributed by atoms with Crippen LogP contribution in [0.4, 0.5) is 0 Å². The molecule has 0 aliphatic heterocycles. The van der Waals surface area contributed by atoms with Gasteiger partial charge in [-0.05, 0) is 38.8 Å². The lowest BCUT2D eigenvalue weighted by Crippen LogP contribution is -2.16. The van der Waals surface area contributed by atoms with Crippen molar-refractivity contribution in [3.05, 3.63) is 6.92 Å². The molecule has 0 rings (SSSR count). The topological polar surface area (TPSA) is 38.3 Å². The Labute approximate surface area is 132 Å². The van der Waals surface area contributed by atoms with Gasteiger partial charge in [0.25, 0.3) is 0 Å². The third-order valence-corrected chi connectivity index (χ3v) is 3.60. The summed E-state index contributed by atoms with van der Waals surface area (Å²) in [5.74, 6) is -0.0304. The zero-order chi connectivity index (χ0) is 15.6. The Morgan fingerprint density at radius 3 is 2.24 bits per heavy atom. The van der Waals surface area contributed by atoms with E-state index in [2.05, 4.69) is 19.2 Å². The van der Waals surface area contributed by atoms with Gasteiger partial charge < -0.3 is 10.1 Å². The van der Waals surface area contributed by atoms with Crippen LogP contribution in [0, 0.1) is 6.92 Å². The number of hydrogen-bond donors (Lipinski definition) is 1. The van der Waals surface area contributed by atoms with Crippen LogP contribution in [0.15, 0.2) is 0 Å². The Morgan fingerprint density at radius 1 is 0.905 bits per heavy atom. The highest BCUT2D eigenvalue weighted by Gasteiger charge is 2.02. The van der Waals surface area contributed by atoms with E-state index in [1.807, 2.05) is 0 Å². The molecular formula is C18H36NO2. The number of hydrogen-bond acceptors (Lipinski definition) is 3. The summed E-state index contributed by atoms with van der Waals surface area (Å²) in [6.45, 7) is 8.82. The number of nitrogens with one attached hydrogen (secondary N) is 1. The van der Waals surface area contributed by atoms with Gasteiger partial charge in [0.15, 0.2) is 0 Å². The second-order valence-electron chi connectivity index (χ2n) is 5.76. The molecule has 0 fully saturated rings. The molecule has 0 aromatic heterocycles. The van der Waals surface area contributed by atoms with Crippen molar-refractivity contribution in [1.82, 2.24) is 5.32 Å². The van der Waals surface area contributed by atoms with Crippen LogP contribution in [-0.4, -0.2) is 25.7 Å². The van der Waals surface area contributed by atoms with Crippen LogP contribution in [0.5, 0.6) is 0 Å². The third kappa shape index (κ3) is 17.4. The molecule has 0 aliphatic rings. The summed E-state index contributed by atoms with van der Waals surface area (Å²) in [4.78, 5) is 11.5. The van der Waals surface area contributed by atoms with Crippen LogP contribution in [0.3, 0.4) is 0 Å². The summed E-state index contributed by atoms with van der Waals surface area (Å²) in [7, 11) is 0. The summed E-state index contributed by atoms with van der Waals surface area (Å²) in [5.41, 5.74) is 0. The highest BCUT2D eigenvalue weighted by Crippen LogP contribution is 2.03. The largest absolute Gasteiger partial charge is 0.466 e. The first-order valence-electron chi connectivity index (χ1n) is 8.96. The van der Waals surface area contributed by atoms with Crippen LogP contribution in [0.2, 0.25) is 0 Å². The number of carbonyl (C=O) groups is 1. The van der Waals surface area contributed by atoms with Crippen LogP contribution in [0.1, 0.15) is 84.0 Å². The van der Waals surface area contributed by atoms with Crippen molar-refractivity contribution in [3.63, 3.8) is 0 Å². The summed E-state index contributed by atoms with van der Waals surface area (Å²) in [6.07, 6.45) is 13.3. The molecule has 0 aliphatic carbocycles. The van der Waals surface area contributed by atoms with Crippen molar-refractivity contribution in [2.45, 2.75) is 84.0 Å². The lowest BCUT2D eigenvalue weighted by Gasteiger charge is -2.06. The van der Waals surface area contributed by atoms with Crippen LogP contribution in [0.25, 0.3) is 0 Å². The smallest absolute Gasteiger partial charge is 0.305 e. The van der Waals surface area contributed by atoms with Gasteiger partial charge in [-0.3, -0.25) is 4.79 Å². The van der Waals surface area contributed by atoms with E-state index >= 15 is 0 Å². The highest BCUT2D eigenvalue weighted by atomic mass is 16.5.